The second-order valence-electron chi connectivity index (χ2n) is 5.16. The van der Waals surface area contributed by atoms with Gasteiger partial charge in [-0.25, -0.2) is 9.18 Å². The predicted molar refractivity (Wildman–Crippen MR) is 71.8 cm³/mol. The van der Waals surface area contributed by atoms with E-state index in [9.17, 15) is 14.0 Å². The fraction of sp³-hybridized carbons (Fsp3) is 0.467. The average Bonchev–Trinajstić information content (AvgIpc) is 2.42. The number of benzene rings is 1. The minimum atomic E-state index is -0.675. The van der Waals surface area contributed by atoms with Crippen molar-refractivity contribution >= 4 is 11.8 Å². The Labute approximate surface area is 117 Å². The second-order valence-corrected chi connectivity index (χ2v) is 5.16. The van der Waals surface area contributed by atoms with Crippen molar-refractivity contribution in [3.05, 3.63) is 35.1 Å². The molecule has 1 saturated heterocycles. The van der Waals surface area contributed by atoms with Gasteiger partial charge in [-0.15, -0.1) is 0 Å². The number of halogens is 1. The molecule has 1 aromatic carbocycles. The molecule has 0 radical (unpaired) electrons. The van der Waals surface area contributed by atoms with Crippen LogP contribution >= 0.6 is 0 Å². The molecule has 4 nitrogen and oxygen atoms in total. The Morgan fingerprint density at radius 1 is 1.50 bits per heavy atom. The van der Waals surface area contributed by atoms with E-state index in [1.165, 1.54) is 19.2 Å². The van der Waals surface area contributed by atoms with Crippen molar-refractivity contribution in [1.29, 1.82) is 0 Å². The molecule has 20 heavy (non-hydrogen) atoms. The normalized spacial score (nSPS) is 19.9. The number of nitrogens with zero attached hydrogens (tertiary/aromatic N) is 1. The van der Waals surface area contributed by atoms with Gasteiger partial charge in [0.2, 0.25) is 0 Å². The zero-order chi connectivity index (χ0) is 14.7. The first-order valence-electron chi connectivity index (χ1n) is 6.63. The molecule has 0 amide bonds. The van der Waals surface area contributed by atoms with Gasteiger partial charge in [-0.2, -0.15) is 0 Å². The monoisotopic (exact) mass is 279 g/mol. The van der Waals surface area contributed by atoms with Crippen LogP contribution in [0.15, 0.2) is 18.2 Å². The number of carbonyl (C=O) groups excluding carboxylic acids is 2. The van der Waals surface area contributed by atoms with Gasteiger partial charge in [0.15, 0.2) is 0 Å². The van der Waals surface area contributed by atoms with Crippen LogP contribution in [0.4, 0.5) is 4.39 Å². The van der Waals surface area contributed by atoms with E-state index in [-0.39, 0.29) is 17.3 Å². The molecule has 1 fully saturated rings. The van der Waals surface area contributed by atoms with E-state index in [2.05, 4.69) is 9.64 Å². The lowest BCUT2D eigenvalue weighted by molar-refractivity contribution is -0.125. The van der Waals surface area contributed by atoms with Gasteiger partial charge in [0.05, 0.1) is 12.7 Å². The number of rotatable bonds is 3. The summed E-state index contributed by atoms with van der Waals surface area (Å²) in [4.78, 5) is 24.9. The molecule has 108 valence electrons. The number of piperidine rings is 1. The lowest BCUT2D eigenvalue weighted by Crippen LogP contribution is -2.39. The largest absolute Gasteiger partial charge is 0.465 e. The average molecular weight is 279 g/mol. The molecule has 2 rings (SSSR count). The topological polar surface area (TPSA) is 46.6 Å². The molecule has 1 unspecified atom stereocenters. The van der Waals surface area contributed by atoms with E-state index in [1.807, 2.05) is 6.92 Å². The first kappa shape index (κ1) is 14.7. The Balaban J connectivity index is 2.05. The van der Waals surface area contributed by atoms with E-state index in [0.29, 0.717) is 26.1 Å². The summed E-state index contributed by atoms with van der Waals surface area (Å²) in [7, 11) is 1.22. The van der Waals surface area contributed by atoms with Crippen LogP contribution in [-0.4, -0.2) is 36.9 Å². The van der Waals surface area contributed by atoms with E-state index in [1.54, 1.807) is 6.07 Å². The zero-order valence-corrected chi connectivity index (χ0v) is 11.7. The third-order valence-electron chi connectivity index (χ3n) is 3.60. The lowest BCUT2D eigenvalue weighted by atomic mass is 9.98. The number of methoxy groups -OCH3 is 1. The molecule has 1 aliphatic heterocycles. The standard InChI is InChI=1S/C15H18FNO3/c1-10-8-17(6-5-14(10)18)9-11-3-4-12(13(16)7-11)15(19)20-2/h3-4,7,10H,5-6,8-9H2,1-2H3. The molecule has 1 atom stereocenters. The SMILES string of the molecule is COC(=O)c1ccc(CN2CCC(=O)C(C)C2)cc1F. The lowest BCUT2D eigenvalue weighted by Gasteiger charge is -2.29. The third kappa shape index (κ3) is 3.22. The number of esters is 1. The summed E-state index contributed by atoms with van der Waals surface area (Å²) in [6, 6.07) is 4.51. The van der Waals surface area contributed by atoms with E-state index in [4.69, 9.17) is 0 Å². The number of likely N-dealkylation sites (tertiary alicyclic amines) is 1. The van der Waals surface area contributed by atoms with E-state index >= 15 is 0 Å². The quantitative estimate of drug-likeness (QED) is 0.794. The number of Topliss-reactive ketones (excluding diaryl/α,β-unsaturated/α-hetero) is 1. The smallest absolute Gasteiger partial charge is 0.340 e. The molecule has 1 heterocycles. The van der Waals surface area contributed by atoms with Crippen molar-refractivity contribution < 1.29 is 18.7 Å². The Bertz CT molecular complexity index is 530. The van der Waals surface area contributed by atoms with Crippen LogP contribution in [0.3, 0.4) is 0 Å². The Morgan fingerprint density at radius 2 is 2.25 bits per heavy atom. The van der Waals surface area contributed by atoms with Crippen LogP contribution in [0.25, 0.3) is 0 Å². The van der Waals surface area contributed by atoms with Crippen molar-refractivity contribution in [2.45, 2.75) is 19.9 Å². The Morgan fingerprint density at radius 3 is 2.85 bits per heavy atom. The van der Waals surface area contributed by atoms with Gasteiger partial charge in [-0.1, -0.05) is 13.0 Å². The van der Waals surface area contributed by atoms with Crippen molar-refractivity contribution in [2.75, 3.05) is 20.2 Å². The molecule has 0 N–H and O–H groups in total. The van der Waals surface area contributed by atoms with Crippen molar-refractivity contribution in [3.8, 4) is 0 Å². The summed E-state index contributed by atoms with van der Waals surface area (Å²) < 4.78 is 18.3. The molecule has 0 bridgehead atoms. The third-order valence-corrected chi connectivity index (χ3v) is 3.60. The molecule has 0 saturated carbocycles. The van der Waals surface area contributed by atoms with Gasteiger partial charge < -0.3 is 4.74 Å². The molecule has 0 aromatic heterocycles. The minimum absolute atomic E-state index is 0.0305. The molecule has 5 heteroatoms. The van der Waals surface area contributed by atoms with Crippen molar-refractivity contribution in [2.24, 2.45) is 5.92 Å². The Hall–Kier alpha value is -1.75. The second kappa shape index (κ2) is 6.13. The number of hydrogen-bond acceptors (Lipinski definition) is 4. The molecule has 0 spiro atoms. The van der Waals surface area contributed by atoms with Crippen LogP contribution in [-0.2, 0) is 16.1 Å². The molecule has 1 aromatic rings. The van der Waals surface area contributed by atoms with Gasteiger partial charge in [-0.3, -0.25) is 9.69 Å². The summed E-state index contributed by atoms with van der Waals surface area (Å²) in [5, 5.41) is 0. The summed E-state index contributed by atoms with van der Waals surface area (Å²) in [6.45, 7) is 3.88. The van der Waals surface area contributed by atoms with Gasteiger partial charge in [0.1, 0.15) is 11.6 Å². The van der Waals surface area contributed by atoms with E-state index < -0.39 is 11.8 Å². The van der Waals surface area contributed by atoms with Crippen molar-refractivity contribution in [1.82, 2.24) is 4.90 Å². The first-order chi connectivity index (χ1) is 9.51. The van der Waals surface area contributed by atoms with Crippen LogP contribution in [0.1, 0.15) is 29.3 Å². The number of ether oxygens (including phenoxy) is 1. The maximum Gasteiger partial charge on any atom is 0.340 e. The predicted octanol–water partition coefficient (Wildman–Crippen LogP) is 2.02. The molecule has 0 aliphatic carbocycles. The van der Waals surface area contributed by atoms with Crippen LogP contribution in [0.5, 0.6) is 0 Å². The molecule has 1 aliphatic rings. The minimum Gasteiger partial charge on any atom is -0.465 e. The van der Waals surface area contributed by atoms with Gasteiger partial charge in [0.25, 0.3) is 0 Å². The van der Waals surface area contributed by atoms with Gasteiger partial charge in [0, 0.05) is 32.0 Å². The summed E-state index contributed by atoms with van der Waals surface area (Å²) >= 11 is 0. The van der Waals surface area contributed by atoms with Crippen LogP contribution in [0, 0.1) is 11.7 Å². The fourth-order valence-electron chi connectivity index (χ4n) is 2.43. The highest BCUT2D eigenvalue weighted by Gasteiger charge is 2.23. The molecular weight excluding hydrogens is 261 g/mol. The maximum atomic E-state index is 13.8. The van der Waals surface area contributed by atoms with Gasteiger partial charge >= 0.3 is 5.97 Å². The zero-order valence-electron chi connectivity index (χ0n) is 11.7. The van der Waals surface area contributed by atoms with Gasteiger partial charge in [-0.05, 0) is 17.7 Å². The highest BCUT2D eigenvalue weighted by Crippen LogP contribution is 2.17. The van der Waals surface area contributed by atoms with Crippen LogP contribution < -0.4 is 0 Å². The number of carbonyl (C=O) groups is 2. The maximum absolute atomic E-state index is 13.8. The van der Waals surface area contributed by atoms with Crippen LogP contribution in [0.2, 0.25) is 0 Å². The van der Waals surface area contributed by atoms with Crippen molar-refractivity contribution in [3.63, 3.8) is 0 Å². The van der Waals surface area contributed by atoms with E-state index in [0.717, 1.165) is 5.56 Å². The first-order valence-corrected chi connectivity index (χ1v) is 6.63. The number of ketones is 1. The summed E-state index contributed by atoms with van der Waals surface area (Å²) in [5.74, 6) is -0.932. The summed E-state index contributed by atoms with van der Waals surface area (Å²) in [6.07, 6.45) is 0.546. The Kier molecular flexibility index (Phi) is 4.49. The summed E-state index contributed by atoms with van der Waals surface area (Å²) in [5.41, 5.74) is 0.732. The highest BCUT2D eigenvalue weighted by molar-refractivity contribution is 5.89. The highest BCUT2D eigenvalue weighted by atomic mass is 19.1. The molecular formula is C15H18FNO3. The fourth-order valence-corrected chi connectivity index (χ4v) is 2.43. The number of hydrogen-bond donors (Lipinski definition) is 0.